The van der Waals surface area contributed by atoms with Crippen molar-refractivity contribution in [3.05, 3.63) is 27.8 Å². The molecule has 0 spiro atoms. The molecule has 0 aromatic heterocycles. The molecular weight excluding hydrogens is 314 g/mol. The Labute approximate surface area is 90.5 Å². The number of benzene rings is 1. The standard InChI is InChI=1S/C6H5IO3S.ClH/c7-5-2-1-3-6(4-5)11(8,9)10;/h1-4H,(H,8,9,10);1H. The summed E-state index contributed by atoms with van der Waals surface area (Å²) < 4.78 is 30.4. The molecule has 0 radical (unpaired) electrons. The van der Waals surface area contributed by atoms with Crippen LogP contribution in [0.3, 0.4) is 0 Å². The number of rotatable bonds is 1. The van der Waals surface area contributed by atoms with E-state index in [9.17, 15) is 8.42 Å². The van der Waals surface area contributed by atoms with E-state index in [4.69, 9.17) is 4.55 Å². The smallest absolute Gasteiger partial charge is 0.282 e. The lowest BCUT2D eigenvalue weighted by molar-refractivity contribution is 0.483. The van der Waals surface area contributed by atoms with Gasteiger partial charge in [-0.2, -0.15) is 8.42 Å². The van der Waals surface area contributed by atoms with E-state index in [1.54, 1.807) is 12.1 Å². The minimum Gasteiger partial charge on any atom is -0.282 e. The van der Waals surface area contributed by atoms with Crippen molar-refractivity contribution >= 4 is 45.1 Å². The molecule has 12 heavy (non-hydrogen) atoms. The lowest BCUT2D eigenvalue weighted by atomic mass is 10.4. The zero-order chi connectivity index (χ0) is 8.48. The van der Waals surface area contributed by atoms with Gasteiger partial charge in [0.1, 0.15) is 0 Å². The lowest BCUT2D eigenvalue weighted by Crippen LogP contribution is -1.97. The van der Waals surface area contributed by atoms with E-state index in [0.29, 0.717) is 0 Å². The molecule has 68 valence electrons. The molecule has 0 saturated heterocycles. The third-order valence-electron chi connectivity index (χ3n) is 1.09. The van der Waals surface area contributed by atoms with E-state index in [2.05, 4.69) is 0 Å². The second-order valence-corrected chi connectivity index (χ2v) is 4.60. The molecule has 1 aromatic carbocycles. The first-order valence-corrected chi connectivity index (χ1v) is 5.25. The molecule has 1 aromatic rings. The van der Waals surface area contributed by atoms with Crippen LogP contribution >= 0.6 is 35.0 Å². The SMILES string of the molecule is Cl.O=S(=O)(O)c1cccc(I)c1. The lowest BCUT2D eigenvalue weighted by Gasteiger charge is -1.95. The van der Waals surface area contributed by atoms with Crippen molar-refractivity contribution in [2.45, 2.75) is 4.90 Å². The first kappa shape index (κ1) is 12.2. The molecule has 1 rings (SSSR count). The van der Waals surface area contributed by atoms with Crippen molar-refractivity contribution in [1.29, 1.82) is 0 Å². The van der Waals surface area contributed by atoms with Gasteiger partial charge in [-0.1, -0.05) is 6.07 Å². The second kappa shape index (κ2) is 4.40. The summed E-state index contributed by atoms with van der Waals surface area (Å²) in [4.78, 5) is -0.0654. The van der Waals surface area contributed by atoms with Crippen molar-refractivity contribution in [3.8, 4) is 0 Å². The Bertz CT molecular complexity index is 363. The number of hydrogen-bond donors (Lipinski definition) is 1. The third-order valence-corrected chi connectivity index (χ3v) is 2.61. The van der Waals surface area contributed by atoms with Crippen molar-refractivity contribution in [2.75, 3.05) is 0 Å². The van der Waals surface area contributed by atoms with Crippen LogP contribution in [-0.2, 0) is 10.1 Å². The summed E-state index contributed by atoms with van der Waals surface area (Å²) in [7, 11) is -4.03. The molecule has 0 saturated carbocycles. The maximum absolute atomic E-state index is 10.5. The van der Waals surface area contributed by atoms with Crippen LogP contribution in [0.4, 0.5) is 0 Å². The van der Waals surface area contributed by atoms with E-state index >= 15 is 0 Å². The van der Waals surface area contributed by atoms with Crippen molar-refractivity contribution in [2.24, 2.45) is 0 Å². The van der Waals surface area contributed by atoms with Crippen molar-refractivity contribution < 1.29 is 13.0 Å². The van der Waals surface area contributed by atoms with E-state index in [1.807, 2.05) is 22.6 Å². The summed E-state index contributed by atoms with van der Waals surface area (Å²) >= 11 is 1.97. The zero-order valence-electron chi connectivity index (χ0n) is 5.77. The van der Waals surface area contributed by atoms with Gasteiger partial charge < -0.3 is 0 Å². The number of hydrogen-bond acceptors (Lipinski definition) is 2. The largest absolute Gasteiger partial charge is 0.294 e. The van der Waals surface area contributed by atoms with Crippen molar-refractivity contribution in [3.63, 3.8) is 0 Å². The molecule has 1 N–H and O–H groups in total. The zero-order valence-corrected chi connectivity index (χ0v) is 9.56. The topological polar surface area (TPSA) is 54.4 Å². The molecule has 0 unspecified atom stereocenters. The summed E-state index contributed by atoms with van der Waals surface area (Å²) in [6.45, 7) is 0. The van der Waals surface area contributed by atoms with Crippen LogP contribution in [0.5, 0.6) is 0 Å². The van der Waals surface area contributed by atoms with Gasteiger partial charge in [-0.05, 0) is 40.8 Å². The minimum atomic E-state index is -4.03. The van der Waals surface area contributed by atoms with Crippen LogP contribution < -0.4 is 0 Å². The van der Waals surface area contributed by atoms with Gasteiger partial charge >= 0.3 is 0 Å². The maximum Gasteiger partial charge on any atom is 0.294 e. The second-order valence-electron chi connectivity index (χ2n) is 1.93. The quantitative estimate of drug-likeness (QED) is 0.636. The molecule has 0 fully saturated rings. The van der Waals surface area contributed by atoms with Gasteiger partial charge in [-0.15, -0.1) is 12.4 Å². The average Bonchev–Trinajstić information content (AvgIpc) is 1.86. The molecule has 0 atom stereocenters. The van der Waals surface area contributed by atoms with Crippen LogP contribution in [0.2, 0.25) is 0 Å². The molecule has 0 aliphatic carbocycles. The third kappa shape index (κ3) is 3.26. The average molecular weight is 321 g/mol. The van der Waals surface area contributed by atoms with E-state index < -0.39 is 10.1 Å². The first-order chi connectivity index (χ1) is 5.00. The highest BCUT2D eigenvalue weighted by atomic mass is 127. The summed E-state index contributed by atoms with van der Waals surface area (Å²) in [5.41, 5.74) is 0. The van der Waals surface area contributed by atoms with Crippen LogP contribution in [-0.4, -0.2) is 13.0 Å². The van der Waals surface area contributed by atoms with Gasteiger partial charge in [0, 0.05) is 3.57 Å². The predicted molar refractivity (Wildman–Crippen MR) is 56.2 cm³/mol. The normalized spacial score (nSPS) is 10.5. The molecular formula is C6H6ClIO3S. The van der Waals surface area contributed by atoms with Gasteiger partial charge in [0.25, 0.3) is 10.1 Å². The Morgan fingerprint density at radius 1 is 1.33 bits per heavy atom. The van der Waals surface area contributed by atoms with Crippen LogP contribution in [0.25, 0.3) is 0 Å². The Balaban J connectivity index is 0.00000121. The molecule has 0 aliphatic rings. The first-order valence-electron chi connectivity index (χ1n) is 2.73. The van der Waals surface area contributed by atoms with Crippen LogP contribution in [0.1, 0.15) is 0 Å². The van der Waals surface area contributed by atoms with Crippen molar-refractivity contribution in [1.82, 2.24) is 0 Å². The van der Waals surface area contributed by atoms with E-state index in [0.717, 1.165) is 3.57 Å². The Morgan fingerprint density at radius 3 is 2.25 bits per heavy atom. The monoisotopic (exact) mass is 320 g/mol. The Kier molecular flexibility index (Phi) is 4.46. The summed E-state index contributed by atoms with van der Waals surface area (Å²) in [5, 5.41) is 0. The maximum atomic E-state index is 10.5. The van der Waals surface area contributed by atoms with Gasteiger partial charge in [-0.25, -0.2) is 0 Å². The van der Waals surface area contributed by atoms with E-state index in [1.165, 1.54) is 12.1 Å². The molecule has 0 amide bonds. The predicted octanol–water partition coefficient (Wildman–Crippen LogP) is 1.96. The minimum absolute atomic E-state index is 0. The highest BCUT2D eigenvalue weighted by Gasteiger charge is 2.07. The van der Waals surface area contributed by atoms with Gasteiger partial charge in [0.2, 0.25) is 0 Å². The summed E-state index contributed by atoms with van der Waals surface area (Å²) in [6.07, 6.45) is 0. The summed E-state index contributed by atoms with van der Waals surface area (Å²) in [5.74, 6) is 0. The molecule has 3 nitrogen and oxygen atoms in total. The molecule has 6 heteroatoms. The highest BCUT2D eigenvalue weighted by molar-refractivity contribution is 14.1. The fourth-order valence-electron chi connectivity index (χ4n) is 0.627. The highest BCUT2D eigenvalue weighted by Crippen LogP contribution is 2.11. The summed E-state index contributed by atoms with van der Waals surface area (Å²) in [6, 6.07) is 6.06. The fourth-order valence-corrected chi connectivity index (χ4v) is 1.91. The Hall–Kier alpha value is 0.150. The fraction of sp³-hybridized carbons (Fsp3) is 0. The number of halogens is 2. The van der Waals surface area contributed by atoms with Gasteiger partial charge in [0.15, 0.2) is 0 Å². The Morgan fingerprint density at radius 2 is 1.92 bits per heavy atom. The van der Waals surface area contributed by atoms with E-state index in [-0.39, 0.29) is 17.3 Å². The molecule has 0 heterocycles. The van der Waals surface area contributed by atoms with Gasteiger partial charge in [0.05, 0.1) is 4.90 Å². The van der Waals surface area contributed by atoms with Crippen LogP contribution in [0.15, 0.2) is 29.2 Å². The van der Waals surface area contributed by atoms with Gasteiger partial charge in [-0.3, -0.25) is 4.55 Å². The molecule has 0 aliphatic heterocycles. The molecule has 0 bridgehead atoms. The van der Waals surface area contributed by atoms with Crippen LogP contribution in [0, 0.1) is 3.57 Å².